The summed E-state index contributed by atoms with van der Waals surface area (Å²) in [6.07, 6.45) is 0. The van der Waals surface area contributed by atoms with Crippen molar-refractivity contribution < 1.29 is 4.74 Å². The number of allylic oxidation sites excluding steroid dienone is 2. The zero-order valence-electron chi connectivity index (χ0n) is 13.3. The number of anilines is 1. The Bertz CT molecular complexity index is 890. The summed E-state index contributed by atoms with van der Waals surface area (Å²) in [5, 5.41) is 29.4. The molecule has 0 aliphatic rings. The molecule has 0 saturated carbocycles. The quantitative estimate of drug-likeness (QED) is 0.848. The summed E-state index contributed by atoms with van der Waals surface area (Å²) >= 11 is 0. The summed E-state index contributed by atoms with van der Waals surface area (Å²) in [5.41, 5.74) is 2.47. The van der Waals surface area contributed by atoms with Crippen molar-refractivity contribution in [2.75, 3.05) is 5.32 Å². The molecule has 0 atom stereocenters. The van der Waals surface area contributed by atoms with E-state index in [4.69, 9.17) is 20.5 Å². The van der Waals surface area contributed by atoms with Gasteiger partial charge >= 0.3 is 0 Å². The fourth-order valence-electron chi connectivity index (χ4n) is 2.00. The van der Waals surface area contributed by atoms with Gasteiger partial charge in [-0.15, -0.1) is 0 Å². The molecule has 0 fully saturated rings. The van der Waals surface area contributed by atoms with Crippen LogP contribution in [0.5, 0.6) is 11.5 Å². The number of ether oxygens (including phenoxy) is 1. The normalized spacial score (nSPS) is 9.12. The molecule has 2 aromatic carbocycles. The first-order valence-electron chi connectivity index (χ1n) is 7.14. The Kier molecular flexibility index (Phi) is 5.19. The van der Waals surface area contributed by atoms with Crippen molar-refractivity contribution in [3.8, 4) is 29.7 Å². The molecule has 24 heavy (non-hydrogen) atoms. The van der Waals surface area contributed by atoms with Gasteiger partial charge in [-0.2, -0.15) is 15.8 Å². The average Bonchev–Trinajstić information content (AvgIpc) is 2.60. The van der Waals surface area contributed by atoms with Crippen molar-refractivity contribution in [1.82, 2.24) is 0 Å². The van der Waals surface area contributed by atoms with E-state index in [1.165, 1.54) is 0 Å². The maximum absolute atomic E-state index is 9.03. The summed E-state index contributed by atoms with van der Waals surface area (Å²) in [6, 6.07) is 18.0. The molecule has 2 aromatic rings. The van der Waals surface area contributed by atoms with Crippen LogP contribution >= 0.6 is 0 Å². The lowest BCUT2D eigenvalue weighted by Crippen LogP contribution is -2.00. The van der Waals surface area contributed by atoms with Crippen LogP contribution in [0.15, 0.2) is 53.7 Å². The lowest BCUT2D eigenvalue weighted by atomic mass is 10.1. The van der Waals surface area contributed by atoms with Crippen molar-refractivity contribution in [3.63, 3.8) is 0 Å². The number of benzene rings is 2. The number of nitrogens with one attached hydrogen (secondary N) is 1. The van der Waals surface area contributed by atoms with E-state index in [1.807, 2.05) is 38.1 Å². The van der Waals surface area contributed by atoms with Crippen molar-refractivity contribution in [3.05, 3.63) is 64.9 Å². The molecule has 0 bridgehead atoms. The minimum Gasteiger partial charge on any atom is -0.457 e. The Hall–Kier alpha value is -3.75. The van der Waals surface area contributed by atoms with Crippen molar-refractivity contribution in [2.45, 2.75) is 13.8 Å². The Morgan fingerprint density at radius 2 is 1.58 bits per heavy atom. The smallest absolute Gasteiger partial charge is 0.163 e. The topological polar surface area (TPSA) is 92.6 Å². The number of aryl methyl sites for hydroxylation is 1. The van der Waals surface area contributed by atoms with Crippen molar-refractivity contribution in [2.24, 2.45) is 0 Å². The van der Waals surface area contributed by atoms with E-state index in [0.29, 0.717) is 11.4 Å². The Morgan fingerprint density at radius 3 is 2.17 bits per heavy atom. The predicted octanol–water partition coefficient (Wildman–Crippen LogP) is 4.33. The monoisotopic (exact) mass is 314 g/mol. The Balaban J connectivity index is 2.19. The lowest BCUT2D eigenvalue weighted by molar-refractivity contribution is 0.478. The van der Waals surface area contributed by atoms with Gasteiger partial charge < -0.3 is 10.1 Å². The van der Waals surface area contributed by atoms with Crippen LogP contribution in [0.2, 0.25) is 0 Å². The highest BCUT2D eigenvalue weighted by Crippen LogP contribution is 2.27. The molecule has 0 spiro atoms. The van der Waals surface area contributed by atoms with Gasteiger partial charge in [0.1, 0.15) is 35.4 Å². The Morgan fingerprint density at radius 1 is 0.917 bits per heavy atom. The van der Waals surface area contributed by atoms with Gasteiger partial charge in [-0.3, -0.25) is 0 Å². The molecule has 0 aliphatic heterocycles. The van der Waals surface area contributed by atoms with Gasteiger partial charge in [0.05, 0.1) is 0 Å². The molecule has 1 N–H and O–H groups in total. The zero-order valence-corrected chi connectivity index (χ0v) is 13.3. The van der Waals surface area contributed by atoms with Crippen LogP contribution in [0, 0.1) is 47.8 Å². The van der Waals surface area contributed by atoms with Crippen LogP contribution in [-0.4, -0.2) is 0 Å². The summed E-state index contributed by atoms with van der Waals surface area (Å²) in [4.78, 5) is 0. The molecule has 116 valence electrons. The summed E-state index contributed by atoms with van der Waals surface area (Å²) in [6.45, 7) is 4.02. The van der Waals surface area contributed by atoms with E-state index in [1.54, 1.807) is 36.4 Å². The van der Waals surface area contributed by atoms with E-state index < -0.39 is 0 Å². The van der Waals surface area contributed by atoms with Gasteiger partial charge in [-0.05, 0) is 55.3 Å². The minimum absolute atomic E-state index is 0.0804. The molecule has 2 rings (SSSR count). The summed E-state index contributed by atoms with van der Waals surface area (Å²) in [7, 11) is 0. The van der Waals surface area contributed by atoms with Crippen LogP contribution in [0.25, 0.3) is 0 Å². The number of rotatable bonds is 4. The van der Waals surface area contributed by atoms with Crippen LogP contribution in [0.4, 0.5) is 5.69 Å². The molecular formula is C19H14N4O. The second-order valence-corrected chi connectivity index (χ2v) is 5.03. The standard InChI is InChI=1S/C19H14N4O/c1-13-4-3-5-19(14(13)2)24-17-8-6-16(7-9-17)23-18(12-22)15(10-20)11-21/h3-9,23H,1-2H3. The molecule has 0 aromatic heterocycles. The second kappa shape index (κ2) is 7.49. The van der Waals surface area contributed by atoms with Gasteiger partial charge in [-0.1, -0.05) is 12.1 Å². The van der Waals surface area contributed by atoms with E-state index in [-0.39, 0.29) is 11.3 Å². The van der Waals surface area contributed by atoms with Crippen LogP contribution in [-0.2, 0) is 0 Å². The largest absolute Gasteiger partial charge is 0.457 e. The SMILES string of the molecule is Cc1cccc(Oc2ccc(NC(C#N)=C(C#N)C#N)cc2)c1C. The third-order valence-corrected chi connectivity index (χ3v) is 3.49. The summed E-state index contributed by atoms with van der Waals surface area (Å²) < 4.78 is 5.86. The van der Waals surface area contributed by atoms with Crippen molar-refractivity contribution in [1.29, 1.82) is 15.8 Å². The predicted molar refractivity (Wildman–Crippen MR) is 89.9 cm³/mol. The van der Waals surface area contributed by atoms with Crippen molar-refractivity contribution >= 4 is 5.69 Å². The van der Waals surface area contributed by atoms with Gasteiger partial charge in [0.25, 0.3) is 0 Å². The maximum atomic E-state index is 9.03. The molecular weight excluding hydrogens is 300 g/mol. The van der Waals surface area contributed by atoms with Crippen LogP contribution < -0.4 is 10.1 Å². The highest BCUT2D eigenvalue weighted by atomic mass is 16.5. The molecule has 5 heteroatoms. The molecule has 0 amide bonds. The van der Waals surface area contributed by atoms with E-state index >= 15 is 0 Å². The van der Waals surface area contributed by atoms with Crippen LogP contribution in [0.3, 0.4) is 0 Å². The lowest BCUT2D eigenvalue weighted by Gasteiger charge is -2.11. The first-order chi connectivity index (χ1) is 11.6. The number of hydrogen-bond acceptors (Lipinski definition) is 5. The number of nitrogens with zero attached hydrogens (tertiary/aromatic N) is 3. The van der Waals surface area contributed by atoms with Gasteiger partial charge in [0.15, 0.2) is 5.57 Å². The highest BCUT2D eigenvalue weighted by molar-refractivity contribution is 5.59. The zero-order chi connectivity index (χ0) is 17.5. The van der Waals surface area contributed by atoms with E-state index in [9.17, 15) is 0 Å². The molecule has 0 saturated heterocycles. The Labute approximate surface area is 140 Å². The summed E-state index contributed by atoms with van der Waals surface area (Å²) in [5.74, 6) is 1.43. The molecule has 0 unspecified atom stereocenters. The van der Waals surface area contributed by atoms with E-state index in [0.717, 1.165) is 16.9 Å². The maximum Gasteiger partial charge on any atom is 0.163 e. The second-order valence-electron chi connectivity index (χ2n) is 5.03. The minimum atomic E-state index is -0.256. The molecule has 0 heterocycles. The van der Waals surface area contributed by atoms with Gasteiger partial charge in [-0.25, -0.2) is 0 Å². The highest BCUT2D eigenvalue weighted by Gasteiger charge is 2.07. The number of nitriles is 3. The fourth-order valence-corrected chi connectivity index (χ4v) is 2.00. The average molecular weight is 314 g/mol. The first kappa shape index (κ1) is 16.6. The van der Waals surface area contributed by atoms with Gasteiger partial charge in [0.2, 0.25) is 0 Å². The van der Waals surface area contributed by atoms with Gasteiger partial charge in [0, 0.05) is 5.69 Å². The number of hydrogen-bond donors (Lipinski definition) is 1. The van der Waals surface area contributed by atoms with Crippen LogP contribution in [0.1, 0.15) is 11.1 Å². The fraction of sp³-hybridized carbons (Fsp3) is 0.105. The molecule has 0 radical (unpaired) electrons. The third kappa shape index (κ3) is 3.71. The molecule has 0 aliphatic carbocycles. The third-order valence-electron chi connectivity index (χ3n) is 3.49. The first-order valence-corrected chi connectivity index (χ1v) is 7.14. The molecule has 5 nitrogen and oxygen atoms in total. The van der Waals surface area contributed by atoms with E-state index in [2.05, 4.69) is 5.32 Å².